The van der Waals surface area contributed by atoms with Crippen molar-refractivity contribution in [3.63, 3.8) is 0 Å². The Hall–Kier alpha value is -4.06. The first-order valence-electron chi connectivity index (χ1n) is 11.0. The molecule has 0 amide bonds. The van der Waals surface area contributed by atoms with Gasteiger partial charge in [-0.25, -0.2) is 0 Å². The number of pyridine rings is 1. The number of nitrogens with one attached hydrogen (secondary N) is 1. The standard InChI is InChI=1S/C27H26N4O2/c1-30(2)18-14-12-17(13-15-18)22-16-23(29-21-10-6-5-9-20(21)28-22)25-26(32)19-8-4-7-11-24(19)31(3)27(25)33/h4-15,22,28,32H,16H2,1-3H3/t22-/m1/s1. The third-order valence-electron chi connectivity index (χ3n) is 6.26. The summed E-state index contributed by atoms with van der Waals surface area (Å²) < 4.78 is 1.58. The number of nitrogens with zero attached hydrogens (tertiary/aromatic N) is 3. The highest BCUT2D eigenvalue weighted by Crippen LogP contribution is 2.37. The van der Waals surface area contributed by atoms with Gasteiger partial charge in [0.15, 0.2) is 0 Å². The molecule has 1 aliphatic heterocycles. The van der Waals surface area contributed by atoms with Crippen LogP contribution in [0.3, 0.4) is 0 Å². The fourth-order valence-electron chi connectivity index (χ4n) is 4.42. The summed E-state index contributed by atoms with van der Waals surface area (Å²) in [6.07, 6.45) is 0.455. The molecular weight excluding hydrogens is 412 g/mol. The van der Waals surface area contributed by atoms with Gasteiger partial charge in [-0.1, -0.05) is 36.4 Å². The van der Waals surface area contributed by atoms with E-state index in [9.17, 15) is 9.90 Å². The summed E-state index contributed by atoms with van der Waals surface area (Å²) in [5.41, 5.74) is 5.09. The Morgan fingerprint density at radius 3 is 2.45 bits per heavy atom. The van der Waals surface area contributed by atoms with E-state index < -0.39 is 0 Å². The second-order valence-corrected chi connectivity index (χ2v) is 8.57. The van der Waals surface area contributed by atoms with Crippen LogP contribution in [-0.4, -0.2) is 29.5 Å². The minimum Gasteiger partial charge on any atom is -0.506 e. The van der Waals surface area contributed by atoms with Crippen LogP contribution in [0, 0.1) is 0 Å². The number of hydrogen-bond donors (Lipinski definition) is 2. The van der Waals surface area contributed by atoms with E-state index in [1.807, 2.05) is 62.6 Å². The van der Waals surface area contributed by atoms with Crippen LogP contribution in [0.1, 0.15) is 23.6 Å². The Bertz CT molecular complexity index is 1440. The number of benzene rings is 3. The highest BCUT2D eigenvalue weighted by molar-refractivity contribution is 6.09. The summed E-state index contributed by atoms with van der Waals surface area (Å²) in [6, 6.07) is 23.4. The van der Waals surface area contributed by atoms with Crippen LogP contribution in [-0.2, 0) is 7.05 Å². The van der Waals surface area contributed by atoms with Crippen LogP contribution in [0.2, 0.25) is 0 Å². The number of aromatic nitrogens is 1. The van der Waals surface area contributed by atoms with E-state index in [1.165, 1.54) is 0 Å². The number of aromatic hydroxyl groups is 1. The van der Waals surface area contributed by atoms with Gasteiger partial charge >= 0.3 is 0 Å². The Kier molecular flexibility index (Phi) is 5.13. The highest BCUT2D eigenvalue weighted by atomic mass is 16.3. The molecule has 0 bridgehead atoms. The number of aliphatic imine (C=N–C) groups is 1. The maximum Gasteiger partial charge on any atom is 0.263 e. The first kappa shape index (κ1) is 20.8. The van der Waals surface area contributed by atoms with Gasteiger partial charge in [-0.15, -0.1) is 0 Å². The molecule has 0 spiro atoms. The van der Waals surface area contributed by atoms with Crippen molar-refractivity contribution in [1.82, 2.24) is 4.57 Å². The molecule has 6 nitrogen and oxygen atoms in total. The lowest BCUT2D eigenvalue weighted by atomic mass is 9.96. The molecule has 0 fully saturated rings. The van der Waals surface area contributed by atoms with Crippen LogP contribution < -0.4 is 15.8 Å². The van der Waals surface area contributed by atoms with Gasteiger partial charge in [0.1, 0.15) is 11.3 Å². The van der Waals surface area contributed by atoms with Crippen LogP contribution >= 0.6 is 0 Å². The number of para-hydroxylation sites is 3. The summed E-state index contributed by atoms with van der Waals surface area (Å²) in [7, 11) is 5.75. The lowest BCUT2D eigenvalue weighted by Gasteiger charge is -2.21. The smallest absolute Gasteiger partial charge is 0.263 e. The Morgan fingerprint density at radius 2 is 1.70 bits per heavy atom. The van der Waals surface area contributed by atoms with Gasteiger partial charge in [-0.05, 0) is 42.0 Å². The van der Waals surface area contributed by atoms with Crippen molar-refractivity contribution in [1.29, 1.82) is 0 Å². The second-order valence-electron chi connectivity index (χ2n) is 8.57. The van der Waals surface area contributed by atoms with Crippen molar-refractivity contribution >= 4 is 33.7 Å². The van der Waals surface area contributed by atoms with Crippen LogP contribution in [0.25, 0.3) is 10.9 Å². The average Bonchev–Trinajstić information content (AvgIpc) is 3.02. The molecule has 1 atom stereocenters. The van der Waals surface area contributed by atoms with E-state index in [0.717, 1.165) is 22.6 Å². The molecule has 0 saturated heterocycles. The third kappa shape index (κ3) is 3.63. The lowest BCUT2D eigenvalue weighted by Crippen LogP contribution is -2.26. The normalized spacial score (nSPS) is 15.4. The van der Waals surface area contributed by atoms with Crippen LogP contribution in [0.15, 0.2) is 82.6 Å². The predicted molar refractivity (Wildman–Crippen MR) is 135 cm³/mol. The summed E-state index contributed by atoms with van der Waals surface area (Å²) >= 11 is 0. The molecule has 0 radical (unpaired) electrons. The molecular formula is C27H26N4O2. The number of rotatable bonds is 3. The molecule has 2 N–H and O–H groups in total. The zero-order valence-electron chi connectivity index (χ0n) is 18.9. The van der Waals surface area contributed by atoms with Crippen LogP contribution in [0.5, 0.6) is 5.75 Å². The molecule has 4 aromatic rings. The first-order valence-corrected chi connectivity index (χ1v) is 11.0. The highest BCUT2D eigenvalue weighted by Gasteiger charge is 2.26. The van der Waals surface area contributed by atoms with Gasteiger partial charge < -0.3 is 19.9 Å². The van der Waals surface area contributed by atoms with E-state index in [2.05, 4.69) is 34.5 Å². The van der Waals surface area contributed by atoms with Gasteiger partial charge in [0, 0.05) is 38.6 Å². The van der Waals surface area contributed by atoms with Crippen molar-refractivity contribution in [3.05, 3.63) is 94.3 Å². The molecule has 0 saturated carbocycles. The quantitative estimate of drug-likeness (QED) is 0.473. The van der Waals surface area contributed by atoms with E-state index in [-0.39, 0.29) is 22.9 Å². The van der Waals surface area contributed by atoms with Crippen molar-refractivity contribution in [2.45, 2.75) is 12.5 Å². The first-order chi connectivity index (χ1) is 15.9. The van der Waals surface area contributed by atoms with E-state index >= 15 is 0 Å². The monoisotopic (exact) mass is 438 g/mol. The number of aryl methyl sites for hydroxylation is 1. The Morgan fingerprint density at radius 1 is 1.00 bits per heavy atom. The van der Waals surface area contributed by atoms with Crippen molar-refractivity contribution < 1.29 is 5.11 Å². The molecule has 0 aliphatic carbocycles. The van der Waals surface area contributed by atoms with E-state index in [4.69, 9.17) is 4.99 Å². The molecule has 1 aromatic heterocycles. The molecule has 2 heterocycles. The van der Waals surface area contributed by atoms with Gasteiger partial charge in [0.05, 0.1) is 28.6 Å². The number of fused-ring (bicyclic) bond motifs is 2. The van der Waals surface area contributed by atoms with Gasteiger partial charge in [-0.3, -0.25) is 9.79 Å². The molecule has 5 rings (SSSR count). The summed E-state index contributed by atoms with van der Waals surface area (Å²) in [5, 5.41) is 15.4. The maximum atomic E-state index is 13.4. The summed E-state index contributed by atoms with van der Waals surface area (Å²) in [4.78, 5) is 20.3. The zero-order chi connectivity index (χ0) is 23.1. The van der Waals surface area contributed by atoms with E-state index in [1.54, 1.807) is 11.6 Å². The molecule has 6 heteroatoms. The van der Waals surface area contributed by atoms with Crippen molar-refractivity contribution in [2.75, 3.05) is 24.3 Å². The minimum absolute atomic E-state index is 0.0199. The fourth-order valence-corrected chi connectivity index (χ4v) is 4.42. The van der Waals surface area contributed by atoms with Crippen LogP contribution in [0.4, 0.5) is 17.1 Å². The second kappa shape index (κ2) is 8.13. The van der Waals surface area contributed by atoms with Crippen molar-refractivity contribution in [2.24, 2.45) is 12.0 Å². The molecule has 166 valence electrons. The van der Waals surface area contributed by atoms with E-state index in [0.29, 0.717) is 23.0 Å². The van der Waals surface area contributed by atoms with Gasteiger partial charge in [0.25, 0.3) is 5.56 Å². The molecule has 1 aliphatic rings. The summed E-state index contributed by atoms with van der Waals surface area (Å²) in [6.45, 7) is 0. The molecule has 3 aromatic carbocycles. The topological polar surface area (TPSA) is 69.9 Å². The minimum atomic E-state index is -0.258. The zero-order valence-corrected chi connectivity index (χ0v) is 18.9. The van der Waals surface area contributed by atoms with Gasteiger partial charge in [-0.2, -0.15) is 0 Å². The lowest BCUT2D eigenvalue weighted by molar-refractivity contribution is 0.478. The molecule has 33 heavy (non-hydrogen) atoms. The van der Waals surface area contributed by atoms with Crippen molar-refractivity contribution in [3.8, 4) is 5.75 Å². The molecule has 0 unspecified atom stereocenters. The fraction of sp³-hybridized carbons (Fsp3) is 0.185. The largest absolute Gasteiger partial charge is 0.506 e. The maximum absolute atomic E-state index is 13.4. The van der Waals surface area contributed by atoms with Gasteiger partial charge in [0.2, 0.25) is 0 Å². The number of hydrogen-bond acceptors (Lipinski definition) is 5. The average molecular weight is 439 g/mol. The Balaban J connectivity index is 1.69. The SMILES string of the molecule is CN(C)c1ccc([C@H]2CC(c3c(O)c4ccccc4n(C)c3=O)=Nc3ccccc3N2)cc1. The predicted octanol–water partition coefficient (Wildman–Crippen LogP) is 4.99. The third-order valence-corrected chi connectivity index (χ3v) is 6.26. The number of anilines is 2. The summed E-state index contributed by atoms with van der Waals surface area (Å²) in [5.74, 6) is -0.0199. The Labute approximate surface area is 192 Å².